The van der Waals surface area contributed by atoms with E-state index in [0.717, 1.165) is 11.8 Å². The molecule has 0 radical (unpaired) electrons. The molecule has 0 saturated heterocycles. The number of aliphatic carboxylic acids is 2. The van der Waals surface area contributed by atoms with Crippen LogP contribution in [0.25, 0.3) is 0 Å². The van der Waals surface area contributed by atoms with Gasteiger partial charge in [-0.25, -0.2) is 0 Å². The number of nitrogens with one attached hydrogen (secondary N) is 1. The lowest BCUT2D eigenvalue weighted by Gasteiger charge is -2.12. The van der Waals surface area contributed by atoms with Crippen molar-refractivity contribution in [2.24, 2.45) is 0 Å². The van der Waals surface area contributed by atoms with Crippen LogP contribution in [0.3, 0.4) is 0 Å². The topological polar surface area (TPSA) is 104 Å². The highest BCUT2D eigenvalue weighted by Gasteiger charge is 2.20. The van der Waals surface area contributed by atoms with E-state index in [9.17, 15) is 14.4 Å². The molecule has 102 valence electrons. The molecule has 19 heavy (non-hydrogen) atoms. The minimum atomic E-state index is -1.15. The fourth-order valence-electron chi connectivity index (χ4n) is 1.27. The van der Waals surface area contributed by atoms with Crippen LogP contribution in [-0.2, 0) is 9.59 Å². The molecule has 1 amide bonds. The Hall–Kier alpha value is -2.02. The van der Waals surface area contributed by atoms with Crippen LogP contribution >= 0.6 is 11.8 Å². The van der Waals surface area contributed by atoms with Gasteiger partial charge in [0, 0.05) is 12.1 Å². The van der Waals surface area contributed by atoms with Crippen molar-refractivity contribution in [1.82, 2.24) is 5.32 Å². The van der Waals surface area contributed by atoms with E-state index in [0.29, 0.717) is 5.56 Å². The fourth-order valence-corrected chi connectivity index (χ4v) is 1.95. The zero-order valence-corrected chi connectivity index (χ0v) is 10.7. The Morgan fingerprint density at radius 2 is 1.79 bits per heavy atom. The number of thioether (sulfide) groups is 1. The summed E-state index contributed by atoms with van der Waals surface area (Å²) in [4.78, 5) is 33.0. The van der Waals surface area contributed by atoms with E-state index in [1.54, 1.807) is 30.3 Å². The molecule has 0 spiro atoms. The van der Waals surface area contributed by atoms with Crippen LogP contribution in [0.2, 0.25) is 0 Å². The van der Waals surface area contributed by atoms with Crippen molar-refractivity contribution in [3.63, 3.8) is 0 Å². The summed E-state index contributed by atoms with van der Waals surface area (Å²) in [6, 6.07) is 8.37. The van der Waals surface area contributed by atoms with Gasteiger partial charge in [-0.15, -0.1) is 11.8 Å². The highest BCUT2D eigenvalue weighted by atomic mass is 32.2. The minimum Gasteiger partial charge on any atom is -0.481 e. The maximum Gasteiger partial charge on any atom is 0.318 e. The number of rotatable bonds is 7. The second-order valence-electron chi connectivity index (χ2n) is 3.61. The first-order valence-electron chi connectivity index (χ1n) is 5.40. The molecule has 0 aliphatic rings. The molecule has 0 fully saturated rings. The third-order valence-corrected chi connectivity index (χ3v) is 3.35. The first-order chi connectivity index (χ1) is 9.00. The summed E-state index contributed by atoms with van der Waals surface area (Å²) in [7, 11) is 0. The molecule has 0 heterocycles. The first-order valence-corrected chi connectivity index (χ1v) is 6.45. The molecule has 1 atom stereocenters. The van der Waals surface area contributed by atoms with Gasteiger partial charge in [-0.05, 0) is 12.1 Å². The van der Waals surface area contributed by atoms with E-state index in [2.05, 4.69) is 5.32 Å². The molecule has 1 aromatic carbocycles. The van der Waals surface area contributed by atoms with Gasteiger partial charge in [-0.3, -0.25) is 14.4 Å². The van der Waals surface area contributed by atoms with Crippen molar-refractivity contribution in [3.05, 3.63) is 35.9 Å². The van der Waals surface area contributed by atoms with Gasteiger partial charge in [0.1, 0.15) is 5.25 Å². The standard InChI is InChI=1S/C12H13NO5S/c14-10(15)7-19-9(12(17)18)6-13-11(16)8-4-2-1-3-5-8/h1-5,9H,6-7H2,(H,13,16)(H,14,15)(H,17,18)/t9-/m0/s1. The zero-order chi connectivity index (χ0) is 14.3. The first kappa shape index (κ1) is 15.0. The van der Waals surface area contributed by atoms with Gasteiger partial charge >= 0.3 is 11.9 Å². The summed E-state index contributed by atoms with van der Waals surface area (Å²) in [5.41, 5.74) is 0.426. The Morgan fingerprint density at radius 1 is 1.16 bits per heavy atom. The quantitative estimate of drug-likeness (QED) is 0.680. The average molecular weight is 283 g/mol. The number of carboxylic acids is 2. The highest BCUT2D eigenvalue weighted by molar-refractivity contribution is 8.01. The predicted molar refractivity (Wildman–Crippen MR) is 70.3 cm³/mol. The van der Waals surface area contributed by atoms with Crippen LogP contribution in [0.1, 0.15) is 10.4 Å². The van der Waals surface area contributed by atoms with E-state index in [1.165, 1.54) is 0 Å². The Balaban J connectivity index is 2.50. The number of carbonyl (C=O) groups excluding carboxylic acids is 1. The van der Waals surface area contributed by atoms with Crippen molar-refractivity contribution in [2.75, 3.05) is 12.3 Å². The van der Waals surface area contributed by atoms with E-state index in [1.807, 2.05) is 0 Å². The maximum absolute atomic E-state index is 11.7. The molecule has 1 aromatic rings. The van der Waals surface area contributed by atoms with Gasteiger partial charge in [-0.1, -0.05) is 18.2 Å². The monoisotopic (exact) mass is 283 g/mol. The number of amides is 1. The van der Waals surface area contributed by atoms with E-state index < -0.39 is 17.2 Å². The summed E-state index contributed by atoms with van der Waals surface area (Å²) in [5, 5.41) is 18.9. The number of carboxylic acid groups (broad SMARTS) is 2. The lowest BCUT2D eigenvalue weighted by molar-refractivity contribution is -0.136. The van der Waals surface area contributed by atoms with Gasteiger partial charge in [0.2, 0.25) is 0 Å². The van der Waals surface area contributed by atoms with Crippen molar-refractivity contribution in [2.45, 2.75) is 5.25 Å². The Morgan fingerprint density at radius 3 is 2.32 bits per heavy atom. The lowest BCUT2D eigenvalue weighted by Crippen LogP contribution is -2.35. The molecule has 3 N–H and O–H groups in total. The van der Waals surface area contributed by atoms with E-state index in [4.69, 9.17) is 10.2 Å². The molecule has 1 rings (SSSR count). The number of hydrogen-bond donors (Lipinski definition) is 3. The van der Waals surface area contributed by atoms with Crippen LogP contribution in [-0.4, -0.2) is 45.6 Å². The molecule has 0 aliphatic heterocycles. The summed E-state index contributed by atoms with van der Waals surface area (Å²) in [6.45, 7) is -0.124. The second kappa shape index (κ2) is 7.42. The smallest absolute Gasteiger partial charge is 0.318 e. The molecule has 0 saturated carbocycles. The predicted octanol–water partition coefficient (Wildman–Crippen LogP) is 0.687. The van der Waals surface area contributed by atoms with Gasteiger partial charge in [0.25, 0.3) is 5.91 Å². The average Bonchev–Trinajstić information content (AvgIpc) is 2.38. The van der Waals surface area contributed by atoms with Gasteiger partial charge in [0.05, 0.1) is 5.75 Å². The molecular weight excluding hydrogens is 270 g/mol. The van der Waals surface area contributed by atoms with Crippen molar-refractivity contribution >= 4 is 29.6 Å². The Labute approximate surface area is 113 Å². The van der Waals surface area contributed by atoms with Crippen LogP contribution in [0.5, 0.6) is 0 Å². The van der Waals surface area contributed by atoms with Crippen LogP contribution < -0.4 is 5.32 Å². The van der Waals surface area contributed by atoms with E-state index >= 15 is 0 Å². The number of benzene rings is 1. The normalized spacial score (nSPS) is 11.6. The molecule has 0 aliphatic carbocycles. The Kier molecular flexibility index (Phi) is 5.87. The summed E-state index contributed by atoms with van der Waals surface area (Å²) >= 11 is 0.761. The molecular formula is C12H13NO5S. The maximum atomic E-state index is 11.7. The Bertz CT molecular complexity index is 462. The highest BCUT2D eigenvalue weighted by Crippen LogP contribution is 2.10. The number of hydrogen-bond acceptors (Lipinski definition) is 4. The molecule has 0 aromatic heterocycles. The molecule has 0 bridgehead atoms. The number of carbonyl (C=O) groups is 3. The molecule has 6 nitrogen and oxygen atoms in total. The van der Waals surface area contributed by atoms with Crippen molar-refractivity contribution in [1.29, 1.82) is 0 Å². The van der Waals surface area contributed by atoms with Gasteiger partial charge in [0.15, 0.2) is 0 Å². The zero-order valence-electron chi connectivity index (χ0n) is 9.91. The van der Waals surface area contributed by atoms with Crippen LogP contribution in [0.15, 0.2) is 30.3 Å². The van der Waals surface area contributed by atoms with Crippen molar-refractivity contribution in [3.8, 4) is 0 Å². The third kappa shape index (κ3) is 5.43. The molecule has 7 heteroatoms. The summed E-state index contributed by atoms with van der Waals surface area (Å²) in [5.74, 6) is -2.95. The second-order valence-corrected chi connectivity index (χ2v) is 4.80. The van der Waals surface area contributed by atoms with Crippen LogP contribution in [0, 0.1) is 0 Å². The van der Waals surface area contributed by atoms with E-state index in [-0.39, 0.29) is 18.2 Å². The summed E-state index contributed by atoms with van der Waals surface area (Å²) < 4.78 is 0. The summed E-state index contributed by atoms with van der Waals surface area (Å²) in [6.07, 6.45) is 0. The van der Waals surface area contributed by atoms with Gasteiger partial charge in [-0.2, -0.15) is 0 Å². The fraction of sp³-hybridized carbons (Fsp3) is 0.250. The lowest BCUT2D eigenvalue weighted by atomic mass is 10.2. The van der Waals surface area contributed by atoms with Crippen LogP contribution in [0.4, 0.5) is 0 Å². The third-order valence-electron chi connectivity index (χ3n) is 2.17. The molecule has 0 unspecified atom stereocenters. The SMILES string of the molecule is O=C(O)CS[C@@H](CNC(=O)c1ccccc1)C(=O)O. The van der Waals surface area contributed by atoms with Crippen molar-refractivity contribution < 1.29 is 24.6 Å². The van der Waals surface area contributed by atoms with Gasteiger partial charge < -0.3 is 15.5 Å². The largest absolute Gasteiger partial charge is 0.481 e. The minimum absolute atomic E-state index is 0.124.